The molecule has 1 aliphatic rings. The molecule has 1 aromatic carbocycles. The number of benzene rings is 1. The molecule has 25 heavy (non-hydrogen) atoms. The van der Waals surface area contributed by atoms with Crippen LogP contribution in [0.25, 0.3) is 10.2 Å². The number of hydrogen-bond acceptors (Lipinski definition) is 7. The van der Waals surface area contributed by atoms with Gasteiger partial charge in [0, 0.05) is 43.0 Å². The molecule has 0 radical (unpaired) electrons. The summed E-state index contributed by atoms with van der Waals surface area (Å²) in [7, 11) is 3.35. The van der Waals surface area contributed by atoms with Gasteiger partial charge in [0.05, 0.1) is 19.6 Å². The van der Waals surface area contributed by atoms with Crippen LogP contribution in [0.1, 0.15) is 6.42 Å². The van der Waals surface area contributed by atoms with Crippen LogP contribution in [-0.2, 0) is 0 Å². The Morgan fingerprint density at radius 2 is 1.96 bits per heavy atom. The Labute approximate surface area is 150 Å². The number of thiophene rings is 1. The van der Waals surface area contributed by atoms with Crippen molar-refractivity contribution in [3.63, 3.8) is 0 Å². The van der Waals surface area contributed by atoms with Crippen molar-refractivity contribution in [2.24, 2.45) is 0 Å². The second kappa shape index (κ2) is 6.76. The molecule has 1 fully saturated rings. The Bertz CT molecular complexity index is 860. The number of fused-ring (bicyclic) bond motifs is 1. The standard InChI is InChI=1S/C18H20N4O2S/c1-23-14-7-13(8-15(9-14)24-2)22-5-3-12(10-22)21-17-16-4-6-25-18(16)20-11-19-17/h4,6-9,11-12H,3,5,10H2,1-2H3,(H,19,20,21). The number of rotatable bonds is 5. The molecule has 7 heteroatoms. The van der Waals surface area contributed by atoms with Gasteiger partial charge in [-0.1, -0.05) is 0 Å². The average Bonchev–Trinajstić information content (AvgIpc) is 3.31. The summed E-state index contributed by atoms with van der Waals surface area (Å²) in [6.45, 7) is 1.89. The van der Waals surface area contributed by atoms with Gasteiger partial charge in [0.1, 0.15) is 28.5 Å². The Morgan fingerprint density at radius 1 is 1.16 bits per heavy atom. The molecular weight excluding hydrogens is 336 g/mol. The third-order valence-corrected chi connectivity index (χ3v) is 5.31. The van der Waals surface area contributed by atoms with Crippen molar-refractivity contribution in [1.29, 1.82) is 0 Å². The van der Waals surface area contributed by atoms with Gasteiger partial charge in [0.2, 0.25) is 0 Å². The minimum Gasteiger partial charge on any atom is -0.497 e. The highest BCUT2D eigenvalue weighted by Crippen LogP contribution is 2.31. The molecule has 4 rings (SSSR count). The van der Waals surface area contributed by atoms with Crippen molar-refractivity contribution < 1.29 is 9.47 Å². The van der Waals surface area contributed by atoms with Crippen LogP contribution >= 0.6 is 11.3 Å². The molecule has 3 aromatic rings. The van der Waals surface area contributed by atoms with Gasteiger partial charge in [0.25, 0.3) is 0 Å². The van der Waals surface area contributed by atoms with E-state index in [9.17, 15) is 0 Å². The van der Waals surface area contributed by atoms with Crippen molar-refractivity contribution in [3.05, 3.63) is 36.0 Å². The summed E-state index contributed by atoms with van der Waals surface area (Å²) in [5.41, 5.74) is 1.11. The van der Waals surface area contributed by atoms with E-state index in [1.807, 2.05) is 23.6 Å². The molecule has 1 saturated heterocycles. The van der Waals surface area contributed by atoms with Gasteiger partial charge in [-0.25, -0.2) is 9.97 Å². The van der Waals surface area contributed by atoms with E-state index in [-0.39, 0.29) is 0 Å². The third kappa shape index (κ3) is 3.19. The molecule has 1 N–H and O–H groups in total. The van der Waals surface area contributed by atoms with Crippen molar-refractivity contribution in [2.45, 2.75) is 12.5 Å². The number of methoxy groups -OCH3 is 2. The van der Waals surface area contributed by atoms with E-state index >= 15 is 0 Å². The second-order valence-corrected chi connectivity index (χ2v) is 6.90. The highest BCUT2D eigenvalue weighted by atomic mass is 32.1. The SMILES string of the molecule is COc1cc(OC)cc(N2CCC(Nc3ncnc4sccc34)C2)c1. The van der Waals surface area contributed by atoms with E-state index in [1.54, 1.807) is 31.9 Å². The quantitative estimate of drug-likeness (QED) is 0.756. The maximum Gasteiger partial charge on any atom is 0.138 e. The highest BCUT2D eigenvalue weighted by Gasteiger charge is 2.24. The van der Waals surface area contributed by atoms with Crippen molar-refractivity contribution in [1.82, 2.24) is 9.97 Å². The fourth-order valence-corrected chi connectivity index (χ4v) is 3.92. The summed E-state index contributed by atoms with van der Waals surface area (Å²) in [5, 5.41) is 6.72. The van der Waals surface area contributed by atoms with Gasteiger partial charge in [-0.05, 0) is 17.9 Å². The average molecular weight is 356 g/mol. The number of hydrogen-bond donors (Lipinski definition) is 1. The molecule has 2 aromatic heterocycles. The molecule has 0 saturated carbocycles. The summed E-state index contributed by atoms with van der Waals surface area (Å²) in [6, 6.07) is 8.40. The second-order valence-electron chi connectivity index (χ2n) is 6.01. The fraction of sp³-hybridized carbons (Fsp3) is 0.333. The first-order chi connectivity index (χ1) is 12.3. The Kier molecular flexibility index (Phi) is 4.31. The van der Waals surface area contributed by atoms with E-state index in [1.165, 1.54) is 0 Å². The maximum absolute atomic E-state index is 5.38. The minimum atomic E-state index is 0.343. The Hall–Kier alpha value is -2.54. The zero-order valence-corrected chi connectivity index (χ0v) is 15.0. The lowest BCUT2D eigenvalue weighted by Gasteiger charge is -2.21. The van der Waals surface area contributed by atoms with Crippen LogP contribution in [0.3, 0.4) is 0 Å². The summed E-state index contributed by atoms with van der Waals surface area (Å²) in [6.07, 6.45) is 2.68. The minimum absolute atomic E-state index is 0.343. The number of nitrogens with zero attached hydrogens (tertiary/aromatic N) is 3. The van der Waals surface area contributed by atoms with E-state index in [0.29, 0.717) is 6.04 Å². The smallest absolute Gasteiger partial charge is 0.138 e. The first kappa shape index (κ1) is 16.0. The predicted molar refractivity (Wildman–Crippen MR) is 101 cm³/mol. The molecule has 1 aliphatic heterocycles. The molecule has 0 amide bonds. The van der Waals surface area contributed by atoms with Gasteiger partial charge >= 0.3 is 0 Å². The number of anilines is 2. The molecule has 1 atom stereocenters. The van der Waals surface area contributed by atoms with Gasteiger partial charge in [0.15, 0.2) is 0 Å². The molecule has 3 heterocycles. The fourth-order valence-electron chi connectivity index (χ4n) is 3.19. The van der Waals surface area contributed by atoms with E-state index in [0.717, 1.165) is 52.7 Å². The topological polar surface area (TPSA) is 59.5 Å². The summed E-state index contributed by atoms with van der Waals surface area (Å²) >= 11 is 1.64. The number of nitrogens with one attached hydrogen (secondary N) is 1. The molecule has 0 spiro atoms. The molecule has 0 aliphatic carbocycles. The number of aromatic nitrogens is 2. The van der Waals surface area contributed by atoms with E-state index < -0.39 is 0 Å². The molecule has 1 unspecified atom stereocenters. The zero-order chi connectivity index (χ0) is 17.2. The van der Waals surface area contributed by atoms with Gasteiger partial charge < -0.3 is 19.7 Å². The normalized spacial score (nSPS) is 17.0. The lowest BCUT2D eigenvalue weighted by Crippen LogP contribution is -2.26. The third-order valence-electron chi connectivity index (χ3n) is 4.49. The molecule has 0 bridgehead atoms. The Morgan fingerprint density at radius 3 is 2.72 bits per heavy atom. The lowest BCUT2D eigenvalue weighted by atomic mass is 10.2. The molecule has 6 nitrogen and oxygen atoms in total. The Balaban J connectivity index is 1.51. The van der Waals surface area contributed by atoms with Crippen molar-refractivity contribution >= 4 is 33.1 Å². The zero-order valence-electron chi connectivity index (χ0n) is 14.2. The summed E-state index contributed by atoms with van der Waals surface area (Å²) < 4.78 is 10.8. The largest absolute Gasteiger partial charge is 0.497 e. The van der Waals surface area contributed by atoms with Crippen LogP contribution in [-0.4, -0.2) is 43.3 Å². The predicted octanol–water partition coefficient (Wildman–Crippen LogP) is 3.40. The molecular formula is C18H20N4O2S. The van der Waals surface area contributed by atoms with E-state index in [4.69, 9.17) is 9.47 Å². The van der Waals surface area contributed by atoms with Gasteiger partial charge in [-0.3, -0.25) is 0 Å². The van der Waals surface area contributed by atoms with Crippen molar-refractivity contribution in [3.8, 4) is 11.5 Å². The lowest BCUT2D eigenvalue weighted by molar-refractivity contribution is 0.394. The van der Waals surface area contributed by atoms with Gasteiger partial charge in [-0.2, -0.15) is 0 Å². The van der Waals surface area contributed by atoms with Crippen LogP contribution in [0.4, 0.5) is 11.5 Å². The van der Waals surface area contributed by atoms with Crippen LogP contribution in [0.15, 0.2) is 36.0 Å². The highest BCUT2D eigenvalue weighted by molar-refractivity contribution is 7.16. The van der Waals surface area contributed by atoms with Crippen LogP contribution in [0, 0.1) is 0 Å². The number of ether oxygens (including phenoxy) is 2. The first-order valence-corrected chi connectivity index (χ1v) is 9.07. The van der Waals surface area contributed by atoms with Crippen LogP contribution in [0.2, 0.25) is 0 Å². The summed E-state index contributed by atoms with van der Waals surface area (Å²) in [4.78, 5) is 12.1. The molecule has 130 valence electrons. The maximum atomic E-state index is 5.38. The monoisotopic (exact) mass is 356 g/mol. The first-order valence-electron chi connectivity index (χ1n) is 8.19. The van der Waals surface area contributed by atoms with Gasteiger partial charge in [-0.15, -0.1) is 11.3 Å². The van der Waals surface area contributed by atoms with Crippen LogP contribution < -0.4 is 19.7 Å². The van der Waals surface area contributed by atoms with E-state index in [2.05, 4.69) is 26.3 Å². The van der Waals surface area contributed by atoms with Crippen molar-refractivity contribution in [2.75, 3.05) is 37.5 Å². The van der Waals surface area contributed by atoms with Crippen LogP contribution in [0.5, 0.6) is 11.5 Å². The summed E-state index contributed by atoms with van der Waals surface area (Å²) in [5.74, 6) is 2.53.